The highest BCUT2D eigenvalue weighted by Gasteiger charge is 2.31. The van der Waals surface area contributed by atoms with Crippen LogP contribution in [0.5, 0.6) is 0 Å². The van der Waals surface area contributed by atoms with Gasteiger partial charge in [0.1, 0.15) is 25.3 Å². The van der Waals surface area contributed by atoms with Gasteiger partial charge in [0.25, 0.3) is 0 Å². The summed E-state index contributed by atoms with van der Waals surface area (Å²) < 4.78 is 3.84. The van der Waals surface area contributed by atoms with Crippen molar-refractivity contribution < 1.29 is 0 Å². The quantitative estimate of drug-likeness (QED) is 0.710. The van der Waals surface area contributed by atoms with E-state index in [1.807, 2.05) is 9.36 Å². The second-order valence-corrected chi connectivity index (χ2v) is 6.43. The summed E-state index contributed by atoms with van der Waals surface area (Å²) in [5, 5.41) is 8.43. The number of rotatable bonds is 8. The highest BCUT2D eigenvalue weighted by Crippen LogP contribution is 2.19. The predicted octanol–water partition coefficient (Wildman–Crippen LogP) is 0.745. The van der Waals surface area contributed by atoms with Crippen LogP contribution in [-0.4, -0.2) is 77.6 Å². The van der Waals surface area contributed by atoms with Gasteiger partial charge in [-0.05, 0) is 12.8 Å². The summed E-state index contributed by atoms with van der Waals surface area (Å²) in [4.78, 5) is 13.3. The molecule has 0 N–H and O–H groups in total. The fourth-order valence-electron chi connectivity index (χ4n) is 3.55. The van der Waals surface area contributed by atoms with E-state index in [1.165, 1.54) is 12.8 Å². The van der Waals surface area contributed by atoms with E-state index >= 15 is 0 Å². The molecule has 0 unspecified atom stereocenters. The highest BCUT2D eigenvalue weighted by molar-refractivity contribution is 4.87. The van der Waals surface area contributed by atoms with Gasteiger partial charge in [0, 0.05) is 38.3 Å². The second kappa shape index (κ2) is 8.34. The minimum absolute atomic E-state index is 0.604. The van der Waals surface area contributed by atoms with Crippen molar-refractivity contribution in [2.24, 2.45) is 0 Å². The molecular formula is C16H28N8. The Morgan fingerprint density at radius 1 is 0.750 bits per heavy atom. The van der Waals surface area contributed by atoms with Crippen LogP contribution >= 0.6 is 0 Å². The molecule has 0 amide bonds. The largest absolute Gasteiger partial charge is 0.296 e. The van der Waals surface area contributed by atoms with Gasteiger partial charge in [-0.1, -0.05) is 13.8 Å². The molecule has 1 saturated heterocycles. The zero-order valence-electron chi connectivity index (χ0n) is 14.7. The molecule has 3 heterocycles. The standard InChI is InChI=1S/C16H28N8/c1-3-15-9-22(6-8-24-14-18-12-20-24)16(4-2)10-21(15)5-7-23-13-17-11-19-23/h11-16H,3-10H2,1-2H3/t15-,16-/m1/s1. The van der Waals surface area contributed by atoms with Crippen LogP contribution < -0.4 is 0 Å². The lowest BCUT2D eigenvalue weighted by Gasteiger charge is -2.46. The molecule has 8 nitrogen and oxygen atoms in total. The van der Waals surface area contributed by atoms with Crippen LogP contribution in [-0.2, 0) is 13.1 Å². The maximum Gasteiger partial charge on any atom is 0.137 e. The molecule has 0 bridgehead atoms. The number of piperazine rings is 1. The van der Waals surface area contributed by atoms with E-state index in [2.05, 4.69) is 43.8 Å². The second-order valence-electron chi connectivity index (χ2n) is 6.43. The third-order valence-electron chi connectivity index (χ3n) is 5.03. The Kier molecular flexibility index (Phi) is 5.92. The third kappa shape index (κ3) is 4.18. The Morgan fingerprint density at radius 2 is 1.21 bits per heavy atom. The first kappa shape index (κ1) is 17.0. The van der Waals surface area contributed by atoms with Gasteiger partial charge in [-0.2, -0.15) is 10.2 Å². The Balaban J connectivity index is 1.56. The summed E-state index contributed by atoms with van der Waals surface area (Å²) in [7, 11) is 0. The van der Waals surface area contributed by atoms with E-state index < -0.39 is 0 Å². The summed E-state index contributed by atoms with van der Waals surface area (Å²) in [6.45, 7) is 10.7. The van der Waals surface area contributed by atoms with Crippen molar-refractivity contribution in [2.45, 2.75) is 51.9 Å². The molecule has 1 fully saturated rings. The first-order valence-electron chi connectivity index (χ1n) is 8.93. The van der Waals surface area contributed by atoms with E-state index in [0.717, 1.165) is 39.3 Å². The molecule has 0 saturated carbocycles. The van der Waals surface area contributed by atoms with Gasteiger partial charge in [0.05, 0.1) is 13.1 Å². The lowest BCUT2D eigenvalue weighted by Crippen LogP contribution is -2.58. The first-order valence-corrected chi connectivity index (χ1v) is 8.93. The molecule has 2 atom stereocenters. The fourth-order valence-corrected chi connectivity index (χ4v) is 3.55. The summed E-state index contributed by atoms with van der Waals surface area (Å²) in [6, 6.07) is 1.21. The Bertz CT molecular complexity index is 515. The van der Waals surface area contributed by atoms with Crippen LogP contribution in [0.2, 0.25) is 0 Å². The van der Waals surface area contributed by atoms with Gasteiger partial charge < -0.3 is 0 Å². The summed E-state index contributed by atoms with van der Waals surface area (Å²) in [5.74, 6) is 0. The van der Waals surface area contributed by atoms with Crippen molar-refractivity contribution in [3.63, 3.8) is 0 Å². The Morgan fingerprint density at radius 3 is 1.54 bits per heavy atom. The lowest BCUT2D eigenvalue weighted by molar-refractivity contribution is 0.0200. The van der Waals surface area contributed by atoms with Crippen molar-refractivity contribution in [2.75, 3.05) is 26.2 Å². The summed E-state index contributed by atoms with van der Waals surface area (Å²) in [6.07, 6.45) is 9.16. The van der Waals surface area contributed by atoms with Gasteiger partial charge in [-0.3, -0.25) is 19.2 Å². The van der Waals surface area contributed by atoms with E-state index in [1.54, 1.807) is 25.3 Å². The van der Waals surface area contributed by atoms with Crippen LogP contribution in [0.25, 0.3) is 0 Å². The van der Waals surface area contributed by atoms with Gasteiger partial charge in [0.2, 0.25) is 0 Å². The van der Waals surface area contributed by atoms with Gasteiger partial charge >= 0.3 is 0 Å². The van der Waals surface area contributed by atoms with Crippen LogP contribution in [0.15, 0.2) is 25.3 Å². The SMILES string of the molecule is CC[C@@H]1CN(CCn2cncn2)[C@H](CC)CN1CCn1cncn1. The molecule has 0 aliphatic carbocycles. The summed E-state index contributed by atoms with van der Waals surface area (Å²) >= 11 is 0. The van der Waals surface area contributed by atoms with Crippen LogP contribution in [0.3, 0.4) is 0 Å². The zero-order valence-corrected chi connectivity index (χ0v) is 14.7. The normalized spacial score (nSPS) is 22.9. The van der Waals surface area contributed by atoms with Crippen molar-refractivity contribution in [3.05, 3.63) is 25.3 Å². The zero-order chi connectivity index (χ0) is 16.8. The smallest absolute Gasteiger partial charge is 0.137 e. The van der Waals surface area contributed by atoms with Crippen molar-refractivity contribution in [1.29, 1.82) is 0 Å². The van der Waals surface area contributed by atoms with Gasteiger partial charge in [0.15, 0.2) is 0 Å². The minimum Gasteiger partial charge on any atom is -0.296 e. The van der Waals surface area contributed by atoms with Crippen molar-refractivity contribution >= 4 is 0 Å². The minimum atomic E-state index is 0.604. The molecule has 0 aromatic carbocycles. The molecule has 132 valence electrons. The Hall–Kier alpha value is -1.80. The first-order chi connectivity index (χ1) is 11.8. The van der Waals surface area contributed by atoms with E-state index in [0.29, 0.717) is 12.1 Å². The average Bonchev–Trinajstić information content (AvgIpc) is 3.31. The van der Waals surface area contributed by atoms with E-state index in [9.17, 15) is 0 Å². The topological polar surface area (TPSA) is 67.9 Å². The van der Waals surface area contributed by atoms with Crippen molar-refractivity contribution in [1.82, 2.24) is 39.3 Å². The number of nitrogens with zero attached hydrogens (tertiary/aromatic N) is 8. The molecule has 1 aliphatic heterocycles. The molecule has 1 aliphatic rings. The maximum atomic E-state index is 4.22. The van der Waals surface area contributed by atoms with Crippen molar-refractivity contribution in [3.8, 4) is 0 Å². The molecule has 3 rings (SSSR count). The van der Waals surface area contributed by atoms with Gasteiger partial charge in [-0.25, -0.2) is 9.97 Å². The van der Waals surface area contributed by atoms with E-state index in [-0.39, 0.29) is 0 Å². The van der Waals surface area contributed by atoms with Crippen LogP contribution in [0, 0.1) is 0 Å². The molecule has 2 aromatic rings. The number of hydrogen-bond donors (Lipinski definition) is 0. The van der Waals surface area contributed by atoms with Gasteiger partial charge in [-0.15, -0.1) is 0 Å². The van der Waals surface area contributed by atoms with Crippen LogP contribution in [0.1, 0.15) is 26.7 Å². The van der Waals surface area contributed by atoms with Crippen LogP contribution in [0.4, 0.5) is 0 Å². The maximum absolute atomic E-state index is 4.22. The average molecular weight is 332 g/mol. The highest BCUT2D eigenvalue weighted by atomic mass is 15.4. The predicted molar refractivity (Wildman–Crippen MR) is 91.3 cm³/mol. The molecule has 2 aromatic heterocycles. The fraction of sp³-hybridized carbons (Fsp3) is 0.750. The Labute approximate surface area is 143 Å². The summed E-state index contributed by atoms with van der Waals surface area (Å²) in [5.41, 5.74) is 0. The van der Waals surface area contributed by atoms with E-state index in [4.69, 9.17) is 0 Å². The number of aromatic nitrogens is 6. The molecule has 0 radical (unpaired) electrons. The third-order valence-corrected chi connectivity index (χ3v) is 5.03. The molecule has 24 heavy (non-hydrogen) atoms. The number of hydrogen-bond acceptors (Lipinski definition) is 6. The lowest BCUT2D eigenvalue weighted by atomic mass is 10.0. The molecule has 8 heteroatoms. The monoisotopic (exact) mass is 332 g/mol. The molecule has 0 spiro atoms. The molecular weight excluding hydrogens is 304 g/mol.